The fourth-order valence-corrected chi connectivity index (χ4v) is 3.08. The van der Waals surface area contributed by atoms with Gasteiger partial charge in [-0.1, -0.05) is 30.3 Å². The molecule has 32 heavy (non-hydrogen) atoms. The summed E-state index contributed by atoms with van der Waals surface area (Å²) in [5.41, 5.74) is 5.85. The van der Waals surface area contributed by atoms with Crippen molar-refractivity contribution in [3.63, 3.8) is 0 Å². The van der Waals surface area contributed by atoms with Crippen LogP contribution in [0.1, 0.15) is 5.56 Å². The van der Waals surface area contributed by atoms with Crippen LogP contribution in [-0.2, 0) is 11.3 Å². The summed E-state index contributed by atoms with van der Waals surface area (Å²) in [6.45, 7) is -3.06. The monoisotopic (exact) mass is 445 g/mol. The minimum atomic E-state index is -2.95. The van der Waals surface area contributed by atoms with Gasteiger partial charge in [0.15, 0.2) is 0 Å². The van der Waals surface area contributed by atoms with E-state index in [9.17, 15) is 23.2 Å². The number of amides is 1. The molecule has 1 amide bonds. The molecule has 3 rings (SSSR count). The van der Waals surface area contributed by atoms with Gasteiger partial charge in [-0.3, -0.25) is 19.1 Å². The quantitative estimate of drug-likeness (QED) is 0.486. The van der Waals surface area contributed by atoms with E-state index < -0.39 is 23.8 Å². The molecule has 2 aromatic carbocycles. The SMILES string of the molecule is CN(CC(=O)Nc1ccc(OC(F)F)cc1)c1c(N)n(Cc2ccccc2)c(=O)[nH]c1=O. The van der Waals surface area contributed by atoms with Crippen LogP contribution in [0.25, 0.3) is 0 Å². The van der Waals surface area contributed by atoms with Crippen LogP contribution in [0.5, 0.6) is 5.75 Å². The van der Waals surface area contributed by atoms with Crippen molar-refractivity contribution in [1.82, 2.24) is 9.55 Å². The Morgan fingerprint density at radius 2 is 1.81 bits per heavy atom. The second kappa shape index (κ2) is 9.77. The summed E-state index contributed by atoms with van der Waals surface area (Å²) in [5, 5.41) is 2.58. The number of benzene rings is 2. The summed E-state index contributed by atoms with van der Waals surface area (Å²) < 4.78 is 29.9. The predicted octanol–water partition coefficient (Wildman–Crippen LogP) is 1.84. The number of likely N-dealkylation sites (N-methyl/N-ethyl adjacent to an activating group) is 1. The van der Waals surface area contributed by atoms with E-state index in [1.54, 1.807) is 0 Å². The Balaban J connectivity index is 1.74. The van der Waals surface area contributed by atoms with Gasteiger partial charge in [0, 0.05) is 12.7 Å². The van der Waals surface area contributed by atoms with Crippen LogP contribution < -0.4 is 31.9 Å². The Morgan fingerprint density at radius 3 is 2.44 bits per heavy atom. The second-order valence-electron chi connectivity index (χ2n) is 6.87. The number of nitrogens with two attached hydrogens (primary N) is 1. The van der Waals surface area contributed by atoms with E-state index in [1.165, 1.54) is 40.8 Å². The van der Waals surface area contributed by atoms with Crippen LogP contribution >= 0.6 is 0 Å². The average molecular weight is 445 g/mol. The molecule has 0 spiro atoms. The van der Waals surface area contributed by atoms with Crippen LogP contribution in [0.4, 0.5) is 26.0 Å². The number of nitrogens with zero attached hydrogens (tertiary/aromatic N) is 2. The lowest BCUT2D eigenvalue weighted by Gasteiger charge is -2.21. The van der Waals surface area contributed by atoms with Crippen molar-refractivity contribution in [3.8, 4) is 5.75 Å². The van der Waals surface area contributed by atoms with Gasteiger partial charge in [0.25, 0.3) is 5.56 Å². The first-order valence-corrected chi connectivity index (χ1v) is 9.47. The van der Waals surface area contributed by atoms with Gasteiger partial charge in [0.05, 0.1) is 13.1 Å². The number of carbonyl (C=O) groups excluding carboxylic acids is 1. The summed E-state index contributed by atoms with van der Waals surface area (Å²) in [7, 11) is 1.48. The molecule has 0 unspecified atom stereocenters. The highest BCUT2D eigenvalue weighted by molar-refractivity contribution is 5.94. The molecular formula is C21H21F2N5O4. The van der Waals surface area contributed by atoms with Gasteiger partial charge >= 0.3 is 12.3 Å². The van der Waals surface area contributed by atoms with E-state index in [2.05, 4.69) is 15.0 Å². The molecule has 4 N–H and O–H groups in total. The zero-order chi connectivity index (χ0) is 23.3. The summed E-state index contributed by atoms with van der Waals surface area (Å²) in [6.07, 6.45) is 0. The third-order valence-electron chi connectivity index (χ3n) is 4.52. The largest absolute Gasteiger partial charge is 0.435 e. The molecule has 0 bridgehead atoms. The van der Waals surface area contributed by atoms with Crippen molar-refractivity contribution in [1.29, 1.82) is 0 Å². The van der Waals surface area contributed by atoms with Crippen molar-refractivity contribution >= 4 is 23.1 Å². The molecule has 0 saturated carbocycles. The number of alkyl halides is 2. The highest BCUT2D eigenvalue weighted by Gasteiger charge is 2.18. The van der Waals surface area contributed by atoms with Gasteiger partial charge < -0.3 is 20.7 Å². The maximum atomic E-state index is 12.4. The van der Waals surface area contributed by atoms with E-state index in [0.29, 0.717) is 5.69 Å². The summed E-state index contributed by atoms with van der Waals surface area (Å²) in [5.74, 6) is -0.615. The Bertz CT molecular complexity index is 1190. The minimum absolute atomic E-state index is 0.0311. The van der Waals surface area contributed by atoms with Gasteiger partial charge in [0.2, 0.25) is 5.91 Å². The number of ether oxygens (including phenoxy) is 1. The zero-order valence-electron chi connectivity index (χ0n) is 17.0. The summed E-state index contributed by atoms with van der Waals surface area (Å²) >= 11 is 0. The molecular weight excluding hydrogens is 424 g/mol. The van der Waals surface area contributed by atoms with Crippen molar-refractivity contribution < 1.29 is 18.3 Å². The van der Waals surface area contributed by atoms with Crippen molar-refractivity contribution in [2.24, 2.45) is 0 Å². The Hall–Kier alpha value is -4.15. The number of nitrogens with one attached hydrogen (secondary N) is 2. The van der Waals surface area contributed by atoms with Gasteiger partial charge in [-0.25, -0.2) is 4.79 Å². The van der Waals surface area contributed by atoms with Gasteiger partial charge in [0.1, 0.15) is 17.3 Å². The van der Waals surface area contributed by atoms with E-state index >= 15 is 0 Å². The summed E-state index contributed by atoms with van der Waals surface area (Å²) in [4.78, 5) is 40.6. The molecule has 0 aliphatic carbocycles. The lowest BCUT2D eigenvalue weighted by molar-refractivity contribution is -0.114. The number of nitrogen functional groups attached to an aromatic ring is 1. The Morgan fingerprint density at radius 1 is 1.16 bits per heavy atom. The first-order chi connectivity index (χ1) is 15.2. The fourth-order valence-electron chi connectivity index (χ4n) is 3.08. The maximum Gasteiger partial charge on any atom is 0.387 e. The number of hydrogen-bond acceptors (Lipinski definition) is 6. The molecule has 0 radical (unpaired) electrons. The smallest absolute Gasteiger partial charge is 0.387 e. The van der Waals surface area contributed by atoms with Crippen molar-refractivity contribution in [2.75, 3.05) is 29.5 Å². The molecule has 0 saturated heterocycles. The minimum Gasteiger partial charge on any atom is -0.435 e. The molecule has 9 nitrogen and oxygen atoms in total. The molecule has 1 aromatic heterocycles. The number of rotatable bonds is 8. The molecule has 0 fully saturated rings. The molecule has 1 heterocycles. The zero-order valence-corrected chi connectivity index (χ0v) is 17.0. The standard InChI is InChI=1S/C21H21F2N5O4/c1-27(12-16(29)25-14-7-9-15(10-8-14)32-20(22)23)17-18(24)28(21(31)26-19(17)30)11-13-5-3-2-4-6-13/h2-10,20H,11-12,24H2,1H3,(H,25,29)(H,26,30,31). The molecule has 3 aromatic rings. The maximum absolute atomic E-state index is 12.4. The Labute approximate surface area is 181 Å². The lowest BCUT2D eigenvalue weighted by atomic mass is 10.2. The average Bonchev–Trinajstić information content (AvgIpc) is 2.72. The number of carbonyl (C=O) groups is 1. The number of H-pyrrole nitrogens is 1. The van der Waals surface area contributed by atoms with Crippen LogP contribution in [-0.4, -0.2) is 35.7 Å². The van der Waals surface area contributed by atoms with Gasteiger partial charge in [-0.05, 0) is 29.8 Å². The topological polar surface area (TPSA) is 122 Å². The first-order valence-electron chi connectivity index (χ1n) is 9.47. The Kier molecular flexibility index (Phi) is 6.88. The molecule has 0 aliphatic heterocycles. The molecule has 11 heteroatoms. The molecule has 168 valence electrons. The molecule has 0 aliphatic rings. The van der Waals surface area contributed by atoms with Crippen molar-refractivity contribution in [2.45, 2.75) is 13.2 Å². The van der Waals surface area contributed by atoms with Crippen LogP contribution in [0.15, 0.2) is 64.2 Å². The number of aromatic nitrogens is 2. The second-order valence-corrected chi connectivity index (χ2v) is 6.87. The number of aromatic amines is 1. The lowest BCUT2D eigenvalue weighted by Crippen LogP contribution is -2.39. The number of hydrogen-bond donors (Lipinski definition) is 3. The van der Waals surface area contributed by atoms with Crippen molar-refractivity contribution in [3.05, 3.63) is 81.0 Å². The van der Waals surface area contributed by atoms with E-state index in [-0.39, 0.29) is 30.3 Å². The van der Waals surface area contributed by atoms with Crippen LogP contribution in [0.2, 0.25) is 0 Å². The molecule has 0 atom stereocenters. The third kappa shape index (κ3) is 5.50. The third-order valence-corrected chi connectivity index (χ3v) is 4.52. The van der Waals surface area contributed by atoms with Gasteiger partial charge in [-0.15, -0.1) is 0 Å². The van der Waals surface area contributed by atoms with E-state index in [0.717, 1.165) is 5.56 Å². The normalized spacial score (nSPS) is 10.8. The number of halogens is 2. The van der Waals surface area contributed by atoms with Crippen LogP contribution in [0.3, 0.4) is 0 Å². The predicted molar refractivity (Wildman–Crippen MR) is 116 cm³/mol. The van der Waals surface area contributed by atoms with E-state index in [1.807, 2.05) is 30.3 Å². The van der Waals surface area contributed by atoms with E-state index in [4.69, 9.17) is 5.73 Å². The fraction of sp³-hybridized carbons (Fsp3) is 0.190. The summed E-state index contributed by atoms with van der Waals surface area (Å²) in [6, 6.07) is 14.4. The highest BCUT2D eigenvalue weighted by Crippen LogP contribution is 2.19. The first kappa shape index (κ1) is 22.5. The van der Waals surface area contributed by atoms with Crippen LogP contribution in [0, 0.1) is 0 Å². The van der Waals surface area contributed by atoms with Gasteiger partial charge in [-0.2, -0.15) is 8.78 Å². The number of anilines is 3. The highest BCUT2D eigenvalue weighted by atomic mass is 19.3.